The summed E-state index contributed by atoms with van der Waals surface area (Å²) in [6.45, 7) is 4.27. The van der Waals surface area contributed by atoms with Gasteiger partial charge in [-0.25, -0.2) is 0 Å². The summed E-state index contributed by atoms with van der Waals surface area (Å²) >= 11 is 0. The molecule has 24 heavy (non-hydrogen) atoms. The highest BCUT2D eigenvalue weighted by Crippen LogP contribution is 2.17. The van der Waals surface area contributed by atoms with Crippen LogP contribution in [0.3, 0.4) is 0 Å². The van der Waals surface area contributed by atoms with Crippen LogP contribution in [0.25, 0.3) is 0 Å². The molecule has 2 heterocycles. The number of ether oxygens (including phenoxy) is 2. The van der Waals surface area contributed by atoms with E-state index in [1.807, 2.05) is 0 Å². The standard InChI is InChI=1S/C17H26N2O5/c1-13-15(6-10-23-13)17(21)19(12-14-4-3-9-24-14)8-5-16(20)18-7-11-22-2/h6,10,14H,3-5,7-9,11-12H2,1-2H3,(H,18,20). The lowest BCUT2D eigenvalue weighted by molar-refractivity contribution is -0.121. The molecule has 0 spiro atoms. The molecule has 2 amide bonds. The molecule has 1 atom stereocenters. The second-order valence-corrected chi connectivity index (χ2v) is 5.87. The third-order valence-electron chi connectivity index (χ3n) is 4.06. The van der Waals surface area contributed by atoms with Crippen LogP contribution in [0.2, 0.25) is 0 Å². The van der Waals surface area contributed by atoms with E-state index < -0.39 is 0 Å². The van der Waals surface area contributed by atoms with E-state index in [0.717, 1.165) is 19.4 Å². The number of hydrogen-bond acceptors (Lipinski definition) is 5. The molecule has 1 aromatic rings. The number of nitrogens with zero attached hydrogens (tertiary/aromatic N) is 1. The number of carbonyl (C=O) groups excluding carboxylic acids is 2. The highest BCUT2D eigenvalue weighted by atomic mass is 16.5. The van der Waals surface area contributed by atoms with Crippen molar-refractivity contribution in [3.63, 3.8) is 0 Å². The molecule has 7 heteroatoms. The molecule has 0 bridgehead atoms. The van der Waals surface area contributed by atoms with Gasteiger partial charge in [-0.3, -0.25) is 9.59 Å². The first kappa shape index (κ1) is 18.5. The molecule has 1 unspecified atom stereocenters. The van der Waals surface area contributed by atoms with Crippen molar-refractivity contribution in [3.05, 3.63) is 23.7 Å². The van der Waals surface area contributed by atoms with Crippen LogP contribution in [0.4, 0.5) is 0 Å². The second kappa shape index (κ2) is 9.44. The molecule has 1 N–H and O–H groups in total. The van der Waals surface area contributed by atoms with Gasteiger partial charge in [-0.1, -0.05) is 0 Å². The molecule has 1 aromatic heterocycles. The first-order valence-corrected chi connectivity index (χ1v) is 8.32. The maximum Gasteiger partial charge on any atom is 0.257 e. The van der Waals surface area contributed by atoms with Crippen LogP contribution < -0.4 is 5.32 Å². The van der Waals surface area contributed by atoms with E-state index in [4.69, 9.17) is 13.9 Å². The van der Waals surface area contributed by atoms with Crippen molar-refractivity contribution in [1.29, 1.82) is 0 Å². The van der Waals surface area contributed by atoms with E-state index >= 15 is 0 Å². The van der Waals surface area contributed by atoms with Gasteiger partial charge >= 0.3 is 0 Å². The molecule has 1 saturated heterocycles. The summed E-state index contributed by atoms with van der Waals surface area (Å²) in [7, 11) is 1.58. The zero-order chi connectivity index (χ0) is 17.4. The van der Waals surface area contributed by atoms with E-state index in [1.165, 1.54) is 6.26 Å². The quantitative estimate of drug-likeness (QED) is 0.688. The fourth-order valence-electron chi connectivity index (χ4n) is 2.70. The van der Waals surface area contributed by atoms with Gasteiger partial charge in [0.15, 0.2) is 0 Å². The van der Waals surface area contributed by atoms with Crippen molar-refractivity contribution in [2.24, 2.45) is 0 Å². The summed E-state index contributed by atoms with van der Waals surface area (Å²) < 4.78 is 15.8. The zero-order valence-corrected chi connectivity index (χ0v) is 14.4. The summed E-state index contributed by atoms with van der Waals surface area (Å²) in [5, 5.41) is 2.77. The number of rotatable bonds is 9. The van der Waals surface area contributed by atoms with Crippen LogP contribution in [0.5, 0.6) is 0 Å². The van der Waals surface area contributed by atoms with Crippen LogP contribution in [0.1, 0.15) is 35.4 Å². The van der Waals surface area contributed by atoms with Gasteiger partial charge in [0.1, 0.15) is 5.76 Å². The minimum absolute atomic E-state index is 0.0395. The SMILES string of the molecule is COCCNC(=O)CCN(CC1CCCO1)C(=O)c1ccoc1C. The number of nitrogens with one attached hydrogen (secondary N) is 1. The third-order valence-corrected chi connectivity index (χ3v) is 4.06. The second-order valence-electron chi connectivity index (χ2n) is 5.87. The molecule has 1 aliphatic heterocycles. The molecule has 0 aromatic carbocycles. The number of hydrogen-bond donors (Lipinski definition) is 1. The van der Waals surface area contributed by atoms with Crippen molar-refractivity contribution < 1.29 is 23.5 Å². The Bertz CT molecular complexity index is 537. The summed E-state index contributed by atoms with van der Waals surface area (Å²) in [6, 6.07) is 1.67. The van der Waals surface area contributed by atoms with Crippen LogP contribution in [-0.4, -0.2) is 62.8 Å². The summed E-state index contributed by atoms with van der Waals surface area (Å²) in [6.07, 6.45) is 3.74. The number of carbonyl (C=O) groups is 2. The maximum atomic E-state index is 12.7. The third kappa shape index (κ3) is 5.35. The van der Waals surface area contributed by atoms with E-state index in [0.29, 0.717) is 37.6 Å². The average molecular weight is 338 g/mol. The fourth-order valence-corrected chi connectivity index (χ4v) is 2.70. The lowest BCUT2D eigenvalue weighted by atomic mass is 10.1. The minimum Gasteiger partial charge on any atom is -0.469 e. The van der Waals surface area contributed by atoms with Gasteiger partial charge in [0, 0.05) is 39.8 Å². The molecule has 1 fully saturated rings. The van der Waals surface area contributed by atoms with Gasteiger partial charge in [-0.15, -0.1) is 0 Å². The zero-order valence-electron chi connectivity index (χ0n) is 14.4. The fraction of sp³-hybridized carbons (Fsp3) is 0.647. The number of furan rings is 1. The van der Waals surface area contributed by atoms with E-state index in [2.05, 4.69) is 5.32 Å². The maximum absolute atomic E-state index is 12.7. The molecule has 7 nitrogen and oxygen atoms in total. The highest BCUT2D eigenvalue weighted by Gasteiger charge is 2.25. The Morgan fingerprint density at radius 1 is 1.46 bits per heavy atom. The van der Waals surface area contributed by atoms with Crippen LogP contribution >= 0.6 is 0 Å². The number of amides is 2. The molecular formula is C17H26N2O5. The minimum atomic E-state index is -0.124. The first-order chi connectivity index (χ1) is 11.6. The Hall–Kier alpha value is -1.86. The average Bonchev–Trinajstić information content (AvgIpc) is 3.22. The van der Waals surface area contributed by atoms with Crippen molar-refractivity contribution >= 4 is 11.8 Å². The Kier molecular flexibility index (Phi) is 7.27. The lowest BCUT2D eigenvalue weighted by Gasteiger charge is -2.25. The lowest BCUT2D eigenvalue weighted by Crippen LogP contribution is -2.40. The molecule has 0 radical (unpaired) electrons. The van der Waals surface area contributed by atoms with Crippen LogP contribution in [0.15, 0.2) is 16.7 Å². The molecular weight excluding hydrogens is 312 g/mol. The Morgan fingerprint density at radius 3 is 2.92 bits per heavy atom. The number of methoxy groups -OCH3 is 1. The van der Waals surface area contributed by atoms with E-state index in [9.17, 15) is 9.59 Å². The normalized spacial score (nSPS) is 17.0. The van der Waals surface area contributed by atoms with Crippen molar-refractivity contribution in [2.45, 2.75) is 32.3 Å². The Balaban J connectivity index is 1.93. The van der Waals surface area contributed by atoms with Crippen molar-refractivity contribution in [1.82, 2.24) is 10.2 Å². The Labute approximate surface area is 142 Å². The predicted octanol–water partition coefficient (Wildman–Crippen LogP) is 1.36. The van der Waals surface area contributed by atoms with Crippen LogP contribution in [-0.2, 0) is 14.3 Å². The van der Waals surface area contributed by atoms with Gasteiger partial charge < -0.3 is 24.1 Å². The smallest absolute Gasteiger partial charge is 0.257 e. The van der Waals surface area contributed by atoms with Gasteiger partial charge in [-0.2, -0.15) is 0 Å². The molecule has 134 valence electrons. The van der Waals surface area contributed by atoms with Crippen molar-refractivity contribution in [2.75, 3.05) is 40.0 Å². The monoisotopic (exact) mass is 338 g/mol. The highest BCUT2D eigenvalue weighted by molar-refractivity contribution is 5.95. The predicted molar refractivity (Wildman–Crippen MR) is 87.8 cm³/mol. The summed E-state index contributed by atoms with van der Waals surface area (Å²) in [5.74, 6) is 0.365. The largest absolute Gasteiger partial charge is 0.469 e. The van der Waals surface area contributed by atoms with Crippen molar-refractivity contribution in [3.8, 4) is 0 Å². The van der Waals surface area contributed by atoms with E-state index in [1.54, 1.807) is 25.0 Å². The van der Waals surface area contributed by atoms with Gasteiger partial charge in [0.05, 0.1) is 24.5 Å². The van der Waals surface area contributed by atoms with E-state index in [-0.39, 0.29) is 24.3 Å². The topological polar surface area (TPSA) is 81.0 Å². The van der Waals surface area contributed by atoms with Crippen LogP contribution in [0, 0.1) is 6.92 Å². The van der Waals surface area contributed by atoms with Gasteiger partial charge in [-0.05, 0) is 25.8 Å². The molecule has 0 aliphatic carbocycles. The molecule has 1 aliphatic rings. The Morgan fingerprint density at radius 2 is 2.29 bits per heavy atom. The first-order valence-electron chi connectivity index (χ1n) is 8.32. The molecule has 2 rings (SSSR count). The van der Waals surface area contributed by atoms with Gasteiger partial charge in [0.2, 0.25) is 5.91 Å². The molecule has 0 saturated carbocycles. The van der Waals surface area contributed by atoms with Gasteiger partial charge in [0.25, 0.3) is 5.91 Å². The summed E-state index contributed by atoms with van der Waals surface area (Å²) in [4.78, 5) is 26.3. The summed E-state index contributed by atoms with van der Waals surface area (Å²) in [5.41, 5.74) is 0.535. The number of aryl methyl sites for hydroxylation is 1.